The number of ether oxygens (including phenoxy) is 2. The van der Waals surface area contributed by atoms with Crippen molar-refractivity contribution < 1.29 is 19.1 Å². The zero-order valence-corrected chi connectivity index (χ0v) is 18.9. The fourth-order valence-electron chi connectivity index (χ4n) is 2.52. The summed E-state index contributed by atoms with van der Waals surface area (Å²) in [4.78, 5) is 24.8. The minimum Gasteiger partial charge on any atom is -0.496 e. The molecule has 0 heterocycles. The molecule has 6 nitrogen and oxygen atoms in total. The maximum absolute atomic E-state index is 12.5. The normalized spacial score (nSPS) is 10.6. The molecule has 3 rings (SSSR count). The summed E-state index contributed by atoms with van der Waals surface area (Å²) in [6.07, 6.45) is 1.40. The van der Waals surface area contributed by atoms with E-state index in [1.165, 1.54) is 13.3 Å². The maximum atomic E-state index is 12.5. The summed E-state index contributed by atoms with van der Waals surface area (Å²) in [7, 11) is 1.48. The van der Waals surface area contributed by atoms with Gasteiger partial charge in [0.25, 0.3) is 5.91 Å². The lowest BCUT2D eigenvalue weighted by atomic mass is 10.2. The minimum atomic E-state index is -0.490. The first-order valence-electron chi connectivity index (χ1n) is 8.71. The van der Waals surface area contributed by atoms with Gasteiger partial charge in [0.05, 0.1) is 24.5 Å². The number of esters is 1. The Balaban J connectivity index is 1.77. The van der Waals surface area contributed by atoms with E-state index in [9.17, 15) is 9.59 Å². The third kappa shape index (κ3) is 5.55. The molecule has 30 heavy (non-hydrogen) atoms. The standard InChI is InChI=1S/C22H16Br2N2O4/c1-29-20-10-8-17(24)12-18(20)21(27)26-25-13-15-11-16(23)7-9-19(15)30-22(28)14-5-3-2-4-6-14/h2-13H,1H3,(H,26,27)/b25-13+. The first-order valence-corrected chi connectivity index (χ1v) is 10.3. The number of amides is 1. The fraction of sp³-hybridized carbons (Fsp3) is 0.0455. The van der Waals surface area contributed by atoms with Crippen LogP contribution in [-0.4, -0.2) is 25.2 Å². The molecule has 0 saturated carbocycles. The first-order chi connectivity index (χ1) is 14.5. The summed E-state index contributed by atoms with van der Waals surface area (Å²) in [5.74, 6) is -0.200. The van der Waals surface area contributed by atoms with Crippen molar-refractivity contribution in [3.05, 3.63) is 92.4 Å². The highest BCUT2D eigenvalue weighted by molar-refractivity contribution is 9.10. The van der Waals surface area contributed by atoms with Crippen LogP contribution in [0.1, 0.15) is 26.3 Å². The molecule has 3 aromatic carbocycles. The van der Waals surface area contributed by atoms with E-state index in [0.717, 1.165) is 8.95 Å². The highest BCUT2D eigenvalue weighted by Gasteiger charge is 2.13. The summed E-state index contributed by atoms with van der Waals surface area (Å²) in [6, 6.07) is 18.9. The lowest BCUT2D eigenvalue weighted by Crippen LogP contribution is -2.18. The molecule has 0 aliphatic rings. The zero-order chi connectivity index (χ0) is 21.5. The Bertz CT molecular complexity index is 1100. The number of rotatable bonds is 6. The smallest absolute Gasteiger partial charge is 0.343 e. The van der Waals surface area contributed by atoms with Crippen molar-refractivity contribution in [2.45, 2.75) is 0 Å². The van der Waals surface area contributed by atoms with Crippen LogP contribution in [0.15, 0.2) is 80.8 Å². The number of halogens is 2. The largest absolute Gasteiger partial charge is 0.496 e. The van der Waals surface area contributed by atoms with E-state index in [-0.39, 0.29) is 0 Å². The second-order valence-electron chi connectivity index (χ2n) is 5.98. The van der Waals surface area contributed by atoms with Crippen molar-refractivity contribution in [3.8, 4) is 11.5 Å². The molecule has 3 aromatic rings. The van der Waals surface area contributed by atoms with Crippen LogP contribution in [0.3, 0.4) is 0 Å². The van der Waals surface area contributed by atoms with E-state index in [2.05, 4.69) is 42.4 Å². The molecular weight excluding hydrogens is 516 g/mol. The highest BCUT2D eigenvalue weighted by atomic mass is 79.9. The first kappa shape index (κ1) is 21.7. The van der Waals surface area contributed by atoms with E-state index in [4.69, 9.17) is 9.47 Å². The second-order valence-corrected chi connectivity index (χ2v) is 7.81. The highest BCUT2D eigenvalue weighted by Crippen LogP contribution is 2.24. The topological polar surface area (TPSA) is 77.0 Å². The number of nitrogens with one attached hydrogen (secondary N) is 1. The number of hydrogen-bond acceptors (Lipinski definition) is 5. The summed E-state index contributed by atoms with van der Waals surface area (Å²) >= 11 is 6.71. The van der Waals surface area contributed by atoms with E-state index in [1.54, 1.807) is 60.7 Å². The summed E-state index contributed by atoms with van der Waals surface area (Å²) in [5.41, 5.74) is 3.72. The van der Waals surface area contributed by atoms with Gasteiger partial charge in [-0.05, 0) is 48.5 Å². The monoisotopic (exact) mass is 530 g/mol. The van der Waals surface area contributed by atoms with Gasteiger partial charge in [-0.2, -0.15) is 5.10 Å². The third-order valence-corrected chi connectivity index (χ3v) is 4.95. The predicted molar refractivity (Wildman–Crippen MR) is 121 cm³/mol. The van der Waals surface area contributed by atoms with Crippen molar-refractivity contribution in [3.63, 3.8) is 0 Å². The van der Waals surface area contributed by atoms with E-state index in [1.807, 2.05) is 6.07 Å². The Hall–Kier alpha value is -2.97. The number of nitrogens with zero attached hydrogens (tertiary/aromatic N) is 1. The Labute approximate surface area is 190 Å². The molecule has 8 heteroatoms. The maximum Gasteiger partial charge on any atom is 0.343 e. The van der Waals surface area contributed by atoms with Crippen LogP contribution in [0.2, 0.25) is 0 Å². The van der Waals surface area contributed by atoms with Gasteiger partial charge in [0, 0.05) is 14.5 Å². The van der Waals surface area contributed by atoms with E-state index >= 15 is 0 Å². The third-order valence-electron chi connectivity index (χ3n) is 3.96. The molecule has 152 valence electrons. The van der Waals surface area contributed by atoms with E-state index < -0.39 is 11.9 Å². The molecule has 0 spiro atoms. The van der Waals surface area contributed by atoms with Gasteiger partial charge in [-0.1, -0.05) is 50.1 Å². The fourth-order valence-corrected chi connectivity index (χ4v) is 3.26. The average molecular weight is 532 g/mol. The average Bonchev–Trinajstić information content (AvgIpc) is 2.76. The molecule has 1 N–H and O–H groups in total. The Kier molecular flexibility index (Phi) is 7.37. The van der Waals surface area contributed by atoms with Crippen LogP contribution >= 0.6 is 31.9 Å². The van der Waals surface area contributed by atoms with Crippen molar-refractivity contribution in [1.29, 1.82) is 0 Å². The van der Waals surface area contributed by atoms with Crippen molar-refractivity contribution >= 4 is 50.0 Å². The molecule has 0 fully saturated rings. The van der Waals surface area contributed by atoms with Crippen LogP contribution in [0, 0.1) is 0 Å². The Morgan fingerprint density at radius 1 is 0.933 bits per heavy atom. The minimum absolute atomic E-state index is 0.310. The van der Waals surface area contributed by atoms with Crippen LogP contribution in [0.5, 0.6) is 11.5 Å². The molecule has 0 aliphatic carbocycles. The number of carbonyl (C=O) groups excluding carboxylic acids is 2. The lowest BCUT2D eigenvalue weighted by molar-refractivity contribution is 0.0734. The molecule has 0 aliphatic heterocycles. The lowest BCUT2D eigenvalue weighted by Gasteiger charge is -2.09. The summed E-state index contributed by atoms with van der Waals surface area (Å²) in [5, 5.41) is 4.00. The number of hydrogen-bond donors (Lipinski definition) is 1. The SMILES string of the molecule is COc1ccc(Br)cc1C(=O)N/N=C/c1cc(Br)ccc1OC(=O)c1ccccc1. The quantitative estimate of drug-likeness (QED) is 0.205. The Morgan fingerprint density at radius 2 is 1.60 bits per heavy atom. The number of hydrazone groups is 1. The molecule has 0 bridgehead atoms. The van der Waals surface area contributed by atoms with Crippen molar-refractivity contribution in [2.75, 3.05) is 7.11 Å². The summed E-state index contributed by atoms with van der Waals surface area (Å²) < 4.78 is 12.2. The molecule has 0 radical (unpaired) electrons. The van der Waals surface area contributed by atoms with Gasteiger partial charge in [-0.25, -0.2) is 10.2 Å². The number of benzene rings is 3. The molecule has 0 aromatic heterocycles. The van der Waals surface area contributed by atoms with Crippen LogP contribution in [0.4, 0.5) is 0 Å². The van der Waals surface area contributed by atoms with Gasteiger partial charge in [0.1, 0.15) is 11.5 Å². The van der Waals surface area contributed by atoms with Gasteiger partial charge >= 0.3 is 5.97 Å². The van der Waals surface area contributed by atoms with Gasteiger partial charge in [-0.15, -0.1) is 0 Å². The van der Waals surface area contributed by atoms with Gasteiger partial charge in [0.15, 0.2) is 0 Å². The number of methoxy groups -OCH3 is 1. The molecule has 0 saturated heterocycles. The van der Waals surface area contributed by atoms with Crippen LogP contribution in [0.25, 0.3) is 0 Å². The van der Waals surface area contributed by atoms with Crippen molar-refractivity contribution in [2.24, 2.45) is 5.10 Å². The zero-order valence-electron chi connectivity index (χ0n) is 15.8. The summed E-state index contributed by atoms with van der Waals surface area (Å²) in [6.45, 7) is 0. The number of carbonyl (C=O) groups is 2. The van der Waals surface area contributed by atoms with Gasteiger partial charge in [-0.3, -0.25) is 4.79 Å². The second kappa shape index (κ2) is 10.2. The molecular formula is C22H16Br2N2O4. The van der Waals surface area contributed by atoms with Gasteiger partial charge < -0.3 is 9.47 Å². The predicted octanol–water partition coefficient (Wildman–Crippen LogP) is 5.20. The molecule has 1 amide bonds. The molecule has 0 unspecified atom stereocenters. The van der Waals surface area contributed by atoms with E-state index in [0.29, 0.717) is 28.2 Å². The Morgan fingerprint density at radius 3 is 2.30 bits per heavy atom. The van der Waals surface area contributed by atoms with Crippen LogP contribution in [-0.2, 0) is 0 Å². The molecule has 0 atom stereocenters. The van der Waals surface area contributed by atoms with Gasteiger partial charge in [0.2, 0.25) is 0 Å². The van der Waals surface area contributed by atoms with Crippen LogP contribution < -0.4 is 14.9 Å². The van der Waals surface area contributed by atoms with Crippen molar-refractivity contribution in [1.82, 2.24) is 5.43 Å².